The molecule has 0 bridgehead atoms. The fraction of sp³-hybridized carbons (Fsp3) is 0.368. The van der Waals surface area contributed by atoms with Crippen LogP contribution in [-0.2, 0) is 16.1 Å². The predicted molar refractivity (Wildman–Crippen MR) is 103 cm³/mol. The fourth-order valence-electron chi connectivity index (χ4n) is 2.25. The molecule has 1 aromatic heterocycles. The first-order valence-electron chi connectivity index (χ1n) is 8.35. The molecule has 0 fully saturated rings. The maximum atomic E-state index is 12.4. The minimum Gasteiger partial charge on any atom is -0.494 e. The monoisotopic (exact) mass is 395 g/mol. The average molecular weight is 396 g/mol. The van der Waals surface area contributed by atoms with Crippen LogP contribution in [0.2, 0.25) is 4.34 Å². The Morgan fingerprint density at radius 3 is 2.38 bits per heavy atom. The van der Waals surface area contributed by atoms with Crippen molar-refractivity contribution < 1.29 is 19.1 Å². The summed E-state index contributed by atoms with van der Waals surface area (Å²) in [5.74, 6) is -0.216. The minimum atomic E-state index is -0.732. The van der Waals surface area contributed by atoms with E-state index in [-0.39, 0.29) is 18.4 Å². The van der Waals surface area contributed by atoms with Crippen LogP contribution in [0.1, 0.15) is 36.0 Å². The zero-order chi connectivity index (χ0) is 19.1. The van der Waals surface area contributed by atoms with Gasteiger partial charge in [0.05, 0.1) is 10.9 Å². The van der Waals surface area contributed by atoms with Gasteiger partial charge in [0.2, 0.25) is 0 Å². The van der Waals surface area contributed by atoms with Crippen LogP contribution in [0.4, 0.5) is 0 Å². The van der Waals surface area contributed by atoms with Crippen molar-refractivity contribution in [2.75, 3.05) is 6.61 Å². The van der Waals surface area contributed by atoms with E-state index in [1.54, 1.807) is 30.3 Å². The highest BCUT2D eigenvalue weighted by molar-refractivity contribution is 7.16. The molecule has 0 unspecified atom stereocenters. The summed E-state index contributed by atoms with van der Waals surface area (Å²) < 4.78 is 11.3. The Morgan fingerprint density at radius 1 is 1.15 bits per heavy atom. The molecule has 7 heteroatoms. The molecule has 2 aromatic rings. The van der Waals surface area contributed by atoms with Gasteiger partial charge in [-0.15, -0.1) is 11.3 Å². The number of hydrogen-bond acceptors (Lipinski definition) is 5. The predicted octanol–water partition coefficient (Wildman–Crippen LogP) is 4.30. The van der Waals surface area contributed by atoms with Gasteiger partial charge < -0.3 is 14.8 Å². The van der Waals surface area contributed by atoms with E-state index in [9.17, 15) is 9.59 Å². The van der Waals surface area contributed by atoms with Gasteiger partial charge in [-0.05, 0) is 49.2 Å². The van der Waals surface area contributed by atoms with Crippen molar-refractivity contribution in [2.45, 2.75) is 33.4 Å². The van der Waals surface area contributed by atoms with Gasteiger partial charge in [-0.2, -0.15) is 0 Å². The molecule has 5 nitrogen and oxygen atoms in total. The van der Waals surface area contributed by atoms with E-state index in [0.717, 1.165) is 4.88 Å². The molecule has 0 aliphatic rings. The molecule has 0 aliphatic heterocycles. The molecule has 1 amide bonds. The molecule has 0 spiro atoms. The SMILES string of the molecule is CCOc1ccc(C(=O)N[C@H](C(=O)OCc2ccc(Cl)s2)C(C)C)cc1. The van der Waals surface area contributed by atoms with Gasteiger partial charge in [0, 0.05) is 10.4 Å². The first-order chi connectivity index (χ1) is 12.4. The van der Waals surface area contributed by atoms with E-state index in [1.807, 2.05) is 26.8 Å². The first-order valence-corrected chi connectivity index (χ1v) is 9.54. The number of benzene rings is 1. The van der Waals surface area contributed by atoms with Gasteiger partial charge >= 0.3 is 5.97 Å². The smallest absolute Gasteiger partial charge is 0.329 e. The highest BCUT2D eigenvalue weighted by Crippen LogP contribution is 2.22. The van der Waals surface area contributed by atoms with Crippen molar-refractivity contribution in [2.24, 2.45) is 5.92 Å². The summed E-state index contributed by atoms with van der Waals surface area (Å²) in [6.45, 7) is 6.29. The molecule has 0 saturated heterocycles. The van der Waals surface area contributed by atoms with Crippen LogP contribution < -0.4 is 10.1 Å². The number of hydrogen-bond donors (Lipinski definition) is 1. The number of esters is 1. The standard InChI is InChI=1S/C19H22ClNO4S/c1-4-24-14-7-5-13(6-8-14)18(22)21-17(12(2)3)19(23)25-11-15-9-10-16(20)26-15/h5-10,12,17H,4,11H2,1-3H3,(H,21,22)/t17-/m0/s1. The summed E-state index contributed by atoms with van der Waals surface area (Å²) in [5, 5.41) is 2.75. The summed E-state index contributed by atoms with van der Waals surface area (Å²) >= 11 is 7.22. The second kappa shape index (κ2) is 9.59. The number of carbonyl (C=O) groups is 2. The molecule has 26 heavy (non-hydrogen) atoms. The topological polar surface area (TPSA) is 64.6 Å². The highest BCUT2D eigenvalue weighted by Gasteiger charge is 2.26. The fourth-order valence-corrected chi connectivity index (χ4v) is 3.25. The van der Waals surface area contributed by atoms with Crippen LogP contribution in [0.3, 0.4) is 0 Å². The minimum absolute atomic E-state index is 0.110. The lowest BCUT2D eigenvalue weighted by atomic mass is 10.0. The highest BCUT2D eigenvalue weighted by atomic mass is 35.5. The van der Waals surface area contributed by atoms with E-state index >= 15 is 0 Å². The number of amides is 1. The van der Waals surface area contributed by atoms with Crippen LogP contribution in [-0.4, -0.2) is 24.5 Å². The van der Waals surface area contributed by atoms with Crippen LogP contribution in [0, 0.1) is 5.92 Å². The molecule has 0 saturated carbocycles. The number of halogens is 1. The van der Waals surface area contributed by atoms with Gasteiger partial charge in [0.25, 0.3) is 5.91 Å². The van der Waals surface area contributed by atoms with E-state index in [2.05, 4.69) is 5.32 Å². The second-order valence-electron chi connectivity index (χ2n) is 5.97. The molecule has 1 heterocycles. The lowest BCUT2D eigenvalue weighted by Crippen LogP contribution is -2.45. The largest absolute Gasteiger partial charge is 0.494 e. The summed E-state index contributed by atoms with van der Waals surface area (Å²) in [7, 11) is 0. The third kappa shape index (κ3) is 5.75. The molecule has 0 radical (unpaired) electrons. The lowest BCUT2D eigenvalue weighted by Gasteiger charge is -2.20. The summed E-state index contributed by atoms with van der Waals surface area (Å²) in [6, 6.07) is 9.60. The van der Waals surface area contributed by atoms with Gasteiger partial charge in [0.1, 0.15) is 18.4 Å². The number of thiophene rings is 1. The summed E-state index contributed by atoms with van der Waals surface area (Å²) in [4.78, 5) is 25.7. The van der Waals surface area contributed by atoms with Gasteiger partial charge in [-0.25, -0.2) is 4.79 Å². The molecular weight excluding hydrogens is 374 g/mol. The zero-order valence-corrected chi connectivity index (χ0v) is 16.5. The van der Waals surface area contributed by atoms with Crippen molar-refractivity contribution in [1.29, 1.82) is 0 Å². The van der Waals surface area contributed by atoms with Crippen LogP contribution in [0.5, 0.6) is 5.75 Å². The Balaban J connectivity index is 1.97. The zero-order valence-electron chi connectivity index (χ0n) is 15.0. The molecule has 0 aliphatic carbocycles. The third-order valence-corrected chi connectivity index (χ3v) is 4.82. The molecular formula is C19H22ClNO4S. The Kier molecular flexibility index (Phi) is 7.48. The van der Waals surface area contributed by atoms with Gasteiger partial charge in [0.15, 0.2) is 0 Å². The Hall–Kier alpha value is -2.05. The van der Waals surface area contributed by atoms with Crippen molar-refractivity contribution >= 4 is 34.8 Å². The molecule has 1 atom stereocenters. The maximum Gasteiger partial charge on any atom is 0.329 e. The average Bonchev–Trinajstić information content (AvgIpc) is 3.03. The molecule has 1 N–H and O–H groups in total. The third-order valence-electron chi connectivity index (χ3n) is 3.62. The number of ether oxygens (including phenoxy) is 2. The van der Waals surface area contributed by atoms with Crippen LogP contribution >= 0.6 is 22.9 Å². The van der Waals surface area contributed by atoms with Crippen molar-refractivity contribution in [1.82, 2.24) is 5.32 Å². The number of rotatable bonds is 8. The Bertz CT molecular complexity index is 742. The van der Waals surface area contributed by atoms with Crippen molar-refractivity contribution in [3.05, 3.63) is 51.2 Å². The summed E-state index contributed by atoms with van der Waals surface area (Å²) in [5.41, 5.74) is 0.456. The quantitative estimate of drug-likeness (QED) is 0.677. The van der Waals surface area contributed by atoms with Crippen LogP contribution in [0.25, 0.3) is 0 Å². The molecule has 1 aromatic carbocycles. The van der Waals surface area contributed by atoms with Gasteiger partial charge in [-0.1, -0.05) is 25.4 Å². The van der Waals surface area contributed by atoms with Crippen molar-refractivity contribution in [3.8, 4) is 5.75 Å². The maximum absolute atomic E-state index is 12.4. The first kappa shape index (κ1) is 20.3. The van der Waals surface area contributed by atoms with E-state index in [1.165, 1.54) is 11.3 Å². The number of carbonyl (C=O) groups excluding carboxylic acids is 2. The lowest BCUT2D eigenvalue weighted by molar-refractivity contribution is -0.148. The second-order valence-corrected chi connectivity index (χ2v) is 7.77. The summed E-state index contributed by atoms with van der Waals surface area (Å²) in [6.07, 6.45) is 0. The van der Waals surface area contributed by atoms with Gasteiger partial charge in [-0.3, -0.25) is 4.79 Å². The van der Waals surface area contributed by atoms with E-state index in [4.69, 9.17) is 21.1 Å². The van der Waals surface area contributed by atoms with E-state index < -0.39 is 12.0 Å². The Labute approximate surface area is 162 Å². The normalized spacial score (nSPS) is 11.9. The van der Waals surface area contributed by atoms with Crippen LogP contribution in [0.15, 0.2) is 36.4 Å². The Morgan fingerprint density at radius 2 is 1.85 bits per heavy atom. The van der Waals surface area contributed by atoms with Crippen molar-refractivity contribution in [3.63, 3.8) is 0 Å². The number of nitrogens with one attached hydrogen (secondary N) is 1. The molecule has 2 rings (SSSR count). The molecule has 140 valence electrons. The van der Waals surface area contributed by atoms with E-state index in [0.29, 0.717) is 22.3 Å².